The Balaban J connectivity index is 2.14. The van der Waals surface area contributed by atoms with E-state index in [0.29, 0.717) is 17.1 Å². The third-order valence-electron chi connectivity index (χ3n) is 3.53. The molecule has 0 atom stereocenters. The summed E-state index contributed by atoms with van der Waals surface area (Å²) >= 11 is 0. The van der Waals surface area contributed by atoms with Crippen LogP contribution < -0.4 is 9.47 Å². The SMILES string of the molecule is COc1ccc(CS(=O)(=O)Cl)cc1OC1CCN(C)CC1. The lowest BCUT2D eigenvalue weighted by Gasteiger charge is -2.29. The first-order chi connectivity index (χ1) is 9.87. The molecule has 0 radical (unpaired) electrons. The third-order valence-corrected chi connectivity index (χ3v) is 4.53. The lowest BCUT2D eigenvalue weighted by atomic mass is 10.1. The minimum Gasteiger partial charge on any atom is -0.493 e. The zero-order chi connectivity index (χ0) is 15.5. The topological polar surface area (TPSA) is 55.8 Å². The lowest BCUT2D eigenvalue weighted by molar-refractivity contribution is 0.111. The minimum absolute atomic E-state index is 0.123. The van der Waals surface area contributed by atoms with Gasteiger partial charge >= 0.3 is 0 Å². The average Bonchev–Trinajstić information content (AvgIpc) is 2.40. The van der Waals surface area contributed by atoms with Crippen molar-refractivity contribution in [3.63, 3.8) is 0 Å². The lowest BCUT2D eigenvalue weighted by Crippen LogP contribution is -2.35. The summed E-state index contributed by atoms with van der Waals surface area (Å²) in [5.74, 6) is 0.956. The molecule has 0 saturated carbocycles. The highest BCUT2D eigenvalue weighted by Crippen LogP contribution is 2.31. The summed E-state index contributed by atoms with van der Waals surface area (Å²) in [6.45, 7) is 1.98. The zero-order valence-electron chi connectivity index (χ0n) is 12.2. The summed E-state index contributed by atoms with van der Waals surface area (Å²) in [6, 6.07) is 5.08. The fraction of sp³-hybridized carbons (Fsp3) is 0.571. The summed E-state index contributed by atoms with van der Waals surface area (Å²) < 4.78 is 33.6. The van der Waals surface area contributed by atoms with Gasteiger partial charge in [0.05, 0.1) is 12.9 Å². The number of benzene rings is 1. The molecule has 1 heterocycles. The van der Waals surface area contributed by atoms with Crippen LogP contribution in [0.1, 0.15) is 18.4 Å². The van der Waals surface area contributed by atoms with Crippen LogP contribution in [0.25, 0.3) is 0 Å². The van der Waals surface area contributed by atoms with Crippen LogP contribution >= 0.6 is 10.7 Å². The molecule has 2 rings (SSSR count). The molecule has 0 bridgehead atoms. The average molecular weight is 334 g/mol. The van der Waals surface area contributed by atoms with Crippen molar-refractivity contribution in [2.45, 2.75) is 24.7 Å². The summed E-state index contributed by atoms with van der Waals surface area (Å²) in [5.41, 5.74) is 0.591. The van der Waals surface area contributed by atoms with Crippen LogP contribution in [0.15, 0.2) is 18.2 Å². The van der Waals surface area contributed by atoms with Crippen molar-refractivity contribution in [3.8, 4) is 11.5 Å². The fourth-order valence-corrected chi connectivity index (χ4v) is 3.34. The van der Waals surface area contributed by atoms with E-state index in [4.69, 9.17) is 20.2 Å². The van der Waals surface area contributed by atoms with Gasteiger partial charge < -0.3 is 14.4 Å². The number of piperidine rings is 1. The van der Waals surface area contributed by atoms with Crippen molar-refractivity contribution < 1.29 is 17.9 Å². The Bertz CT molecular complexity index is 583. The predicted octanol–water partition coefficient (Wildman–Crippen LogP) is 2.24. The van der Waals surface area contributed by atoms with E-state index in [1.54, 1.807) is 25.3 Å². The Morgan fingerprint density at radius 3 is 2.52 bits per heavy atom. The van der Waals surface area contributed by atoms with Gasteiger partial charge in [0.1, 0.15) is 6.10 Å². The molecule has 0 N–H and O–H groups in total. The molecule has 1 fully saturated rings. The van der Waals surface area contributed by atoms with Crippen LogP contribution in [0.3, 0.4) is 0 Å². The third kappa shape index (κ3) is 5.05. The molecule has 0 aliphatic carbocycles. The fourth-order valence-electron chi connectivity index (χ4n) is 2.38. The molecule has 0 aromatic heterocycles. The van der Waals surface area contributed by atoms with Crippen molar-refractivity contribution >= 4 is 19.7 Å². The number of halogens is 1. The second-order valence-electron chi connectivity index (χ2n) is 5.29. The van der Waals surface area contributed by atoms with E-state index in [2.05, 4.69) is 11.9 Å². The molecule has 7 heteroatoms. The quantitative estimate of drug-likeness (QED) is 0.773. The first kappa shape index (κ1) is 16.4. The van der Waals surface area contributed by atoms with E-state index in [9.17, 15) is 8.42 Å². The number of hydrogen-bond acceptors (Lipinski definition) is 5. The van der Waals surface area contributed by atoms with E-state index in [-0.39, 0.29) is 11.9 Å². The molecule has 0 amide bonds. The van der Waals surface area contributed by atoms with Gasteiger partial charge in [-0.3, -0.25) is 0 Å². The zero-order valence-corrected chi connectivity index (χ0v) is 13.8. The van der Waals surface area contributed by atoms with Gasteiger partial charge in [-0.15, -0.1) is 0 Å². The second kappa shape index (κ2) is 6.85. The van der Waals surface area contributed by atoms with Crippen molar-refractivity contribution in [3.05, 3.63) is 23.8 Å². The Hall–Kier alpha value is -0.980. The molecule has 1 aliphatic rings. The Morgan fingerprint density at radius 2 is 1.95 bits per heavy atom. The van der Waals surface area contributed by atoms with Gasteiger partial charge in [-0.1, -0.05) is 6.07 Å². The highest BCUT2D eigenvalue weighted by molar-refractivity contribution is 8.13. The number of ether oxygens (including phenoxy) is 2. The maximum atomic E-state index is 11.2. The van der Waals surface area contributed by atoms with Gasteiger partial charge in [-0.05, 0) is 37.6 Å². The largest absolute Gasteiger partial charge is 0.493 e. The standard InChI is InChI=1S/C14H20ClNO4S/c1-16-7-5-12(6-8-16)20-14-9-11(10-21(15,17)18)3-4-13(14)19-2/h3-4,9,12H,5-8,10H2,1-2H3. The Morgan fingerprint density at radius 1 is 1.29 bits per heavy atom. The van der Waals surface area contributed by atoms with Crippen LogP contribution in [0, 0.1) is 0 Å². The minimum atomic E-state index is -3.58. The molecular formula is C14H20ClNO4S. The van der Waals surface area contributed by atoms with E-state index in [1.165, 1.54) is 0 Å². The molecule has 1 aliphatic heterocycles. The molecular weight excluding hydrogens is 314 g/mol. The molecule has 0 unspecified atom stereocenters. The first-order valence-electron chi connectivity index (χ1n) is 6.82. The molecule has 5 nitrogen and oxygen atoms in total. The highest BCUT2D eigenvalue weighted by atomic mass is 35.7. The predicted molar refractivity (Wildman–Crippen MR) is 82.6 cm³/mol. The normalized spacial score (nSPS) is 17.7. The Labute approximate surface area is 130 Å². The number of methoxy groups -OCH3 is 1. The van der Waals surface area contributed by atoms with Gasteiger partial charge in [-0.2, -0.15) is 0 Å². The monoisotopic (exact) mass is 333 g/mol. The smallest absolute Gasteiger partial charge is 0.236 e. The van der Waals surface area contributed by atoms with Crippen molar-refractivity contribution in [1.82, 2.24) is 4.90 Å². The molecule has 21 heavy (non-hydrogen) atoms. The van der Waals surface area contributed by atoms with Crippen LogP contribution in [0.2, 0.25) is 0 Å². The summed E-state index contributed by atoms with van der Waals surface area (Å²) in [6.07, 6.45) is 2.01. The first-order valence-corrected chi connectivity index (χ1v) is 9.29. The number of hydrogen-bond donors (Lipinski definition) is 0. The van der Waals surface area contributed by atoms with Crippen molar-refractivity contribution in [2.75, 3.05) is 27.2 Å². The van der Waals surface area contributed by atoms with Gasteiger partial charge in [0.15, 0.2) is 11.5 Å². The number of nitrogens with zero attached hydrogens (tertiary/aromatic N) is 1. The molecule has 1 aromatic carbocycles. The van der Waals surface area contributed by atoms with E-state index in [0.717, 1.165) is 25.9 Å². The summed E-state index contributed by atoms with van der Waals surface area (Å²) in [4.78, 5) is 2.26. The van der Waals surface area contributed by atoms with E-state index in [1.807, 2.05) is 0 Å². The van der Waals surface area contributed by atoms with Gasteiger partial charge in [0.2, 0.25) is 9.05 Å². The van der Waals surface area contributed by atoms with Crippen LogP contribution in [-0.2, 0) is 14.8 Å². The molecule has 118 valence electrons. The van der Waals surface area contributed by atoms with E-state index >= 15 is 0 Å². The number of likely N-dealkylation sites (tertiary alicyclic amines) is 1. The van der Waals surface area contributed by atoms with Gasteiger partial charge in [0, 0.05) is 23.8 Å². The van der Waals surface area contributed by atoms with Crippen LogP contribution in [0.4, 0.5) is 0 Å². The van der Waals surface area contributed by atoms with Gasteiger partial charge in [-0.25, -0.2) is 8.42 Å². The Kier molecular flexibility index (Phi) is 5.35. The van der Waals surface area contributed by atoms with E-state index < -0.39 is 9.05 Å². The van der Waals surface area contributed by atoms with Crippen LogP contribution in [-0.4, -0.2) is 46.7 Å². The molecule has 0 spiro atoms. The van der Waals surface area contributed by atoms with Crippen molar-refractivity contribution in [1.29, 1.82) is 0 Å². The second-order valence-corrected chi connectivity index (χ2v) is 8.07. The maximum Gasteiger partial charge on any atom is 0.236 e. The van der Waals surface area contributed by atoms with Crippen LogP contribution in [0.5, 0.6) is 11.5 Å². The molecule has 1 saturated heterocycles. The maximum absolute atomic E-state index is 11.2. The summed E-state index contributed by atoms with van der Waals surface area (Å²) in [5, 5.41) is 0. The molecule has 1 aromatic rings. The van der Waals surface area contributed by atoms with Crippen molar-refractivity contribution in [2.24, 2.45) is 0 Å². The number of rotatable bonds is 5. The van der Waals surface area contributed by atoms with Gasteiger partial charge in [0.25, 0.3) is 0 Å². The highest BCUT2D eigenvalue weighted by Gasteiger charge is 2.20. The summed E-state index contributed by atoms with van der Waals surface area (Å²) in [7, 11) is 5.36.